The van der Waals surface area contributed by atoms with Crippen LogP contribution in [0.5, 0.6) is 11.5 Å². The second-order valence-corrected chi connectivity index (χ2v) is 6.16. The highest BCUT2D eigenvalue weighted by atomic mass is 16.5. The minimum atomic E-state index is -0.246. The van der Waals surface area contributed by atoms with E-state index in [2.05, 4.69) is 17.3 Å². The topological polar surface area (TPSA) is 79.2 Å². The minimum Gasteiger partial charge on any atom is -0.504 e. The fourth-order valence-electron chi connectivity index (χ4n) is 3.90. The maximum absolute atomic E-state index is 12.5. The lowest BCUT2D eigenvalue weighted by molar-refractivity contribution is -0.140. The summed E-state index contributed by atoms with van der Waals surface area (Å²) in [5, 5.41) is 14.7. The first-order valence-corrected chi connectivity index (χ1v) is 7.57. The van der Waals surface area contributed by atoms with Crippen LogP contribution in [0.4, 0.5) is 0 Å². The van der Waals surface area contributed by atoms with E-state index in [0.29, 0.717) is 11.3 Å². The molecule has 4 atom stereocenters. The number of carbonyl (C=O) groups is 2. The van der Waals surface area contributed by atoms with Crippen LogP contribution in [0.25, 0.3) is 0 Å². The first kappa shape index (κ1) is 14.0. The Hall–Kier alpha value is -2.63. The van der Waals surface area contributed by atoms with Crippen LogP contribution in [-0.4, -0.2) is 35.3 Å². The summed E-state index contributed by atoms with van der Waals surface area (Å²) < 4.78 is 5.03. The van der Waals surface area contributed by atoms with Gasteiger partial charge in [-0.15, -0.1) is 0 Å². The zero-order chi connectivity index (χ0) is 16.1. The number of hydrogen-bond acceptors (Lipinski definition) is 5. The van der Waals surface area contributed by atoms with Crippen molar-refractivity contribution in [3.63, 3.8) is 0 Å². The molecule has 6 heteroatoms. The van der Waals surface area contributed by atoms with Crippen molar-refractivity contribution in [2.24, 2.45) is 28.8 Å². The van der Waals surface area contributed by atoms with Gasteiger partial charge in [0, 0.05) is 0 Å². The van der Waals surface area contributed by atoms with E-state index in [1.807, 2.05) is 0 Å². The molecule has 6 nitrogen and oxygen atoms in total. The van der Waals surface area contributed by atoms with Crippen molar-refractivity contribution in [3.8, 4) is 11.5 Å². The van der Waals surface area contributed by atoms with Crippen LogP contribution in [0, 0.1) is 23.7 Å². The molecule has 1 heterocycles. The van der Waals surface area contributed by atoms with E-state index in [1.165, 1.54) is 19.4 Å². The van der Waals surface area contributed by atoms with Crippen LogP contribution in [-0.2, 0) is 9.59 Å². The third-order valence-electron chi connectivity index (χ3n) is 4.97. The van der Waals surface area contributed by atoms with Gasteiger partial charge in [-0.2, -0.15) is 10.1 Å². The smallest absolute Gasteiger partial charge is 0.254 e. The Morgan fingerprint density at radius 1 is 1.22 bits per heavy atom. The third kappa shape index (κ3) is 1.98. The van der Waals surface area contributed by atoms with Crippen molar-refractivity contribution in [1.29, 1.82) is 0 Å². The lowest BCUT2D eigenvalue weighted by Crippen LogP contribution is -2.28. The summed E-state index contributed by atoms with van der Waals surface area (Å²) in [6, 6.07) is 4.71. The molecule has 1 aliphatic heterocycles. The van der Waals surface area contributed by atoms with Crippen molar-refractivity contribution in [2.45, 2.75) is 6.42 Å². The highest BCUT2D eigenvalue weighted by Crippen LogP contribution is 2.52. The number of aromatic hydroxyl groups is 1. The Kier molecular flexibility index (Phi) is 3.01. The standard InChI is InChI=1S/C17H16N2O4/c1-23-13-6-9(2-5-12(13)20)8-18-19-16(21)14-10-3-4-11(7-10)15(14)17(19)22/h2-6,8,10-11,14-15,20H,7H2,1H3/b18-8-/t10-,11-,14-,15-/m0/s1. The summed E-state index contributed by atoms with van der Waals surface area (Å²) in [4.78, 5) is 25.0. The van der Waals surface area contributed by atoms with Gasteiger partial charge in [0.2, 0.25) is 0 Å². The van der Waals surface area contributed by atoms with Gasteiger partial charge in [-0.1, -0.05) is 12.2 Å². The molecule has 1 saturated heterocycles. The molecule has 1 aromatic rings. The largest absolute Gasteiger partial charge is 0.504 e. The first-order chi connectivity index (χ1) is 11.1. The maximum atomic E-state index is 12.5. The number of fused-ring (bicyclic) bond motifs is 5. The molecule has 2 bridgehead atoms. The maximum Gasteiger partial charge on any atom is 0.254 e. The monoisotopic (exact) mass is 312 g/mol. The number of hydrazone groups is 1. The number of benzene rings is 1. The van der Waals surface area contributed by atoms with Crippen molar-refractivity contribution in [3.05, 3.63) is 35.9 Å². The Bertz CT molecular complexity index is 725. The van der Waals surface area contributed by atoms with Crippen LogP contribution >= 0.6 is 0 Å². The van der Waals surface area contributed by atoms with Gasteiger partial charge < -0.3 is 9.84 Å². The highest BCUT2D eigenvalue weighted by molar-refractivity contribution is 6.06. The van der Waals surface area contributed by atoms with Gasteiger partial charge in [-0.25, -0.2) is 0 Å². The molecule has 1 N–H and O–H groups in total. The molecule has 0 radical (unpaired) electrons. The Labute approximate surface area is 133 Å². The minimum absolute atomic E-state index is 0.0233. The van der Waals surface area contributed by atoms with E-state index < -0.39 is 0 Å². The van der Waals surface area contributed by atoms with E-state index >= 15 is 0 Å². The summed E-state index contributed by atoms with van der Waals surface area (Å²) >= 11 is 0. The molecule has 118 valence electrons. The van der Waals surface area contributed by atoms with Gasteiger partial charge in [0.15, 0.2) is 11.5 Å². The van der Waals surface area contributed by atoms with Crippen molar-refractivity contribution >= 4 is 18.0 Å². The zero-order valence-corrected chi connectivity index (χ0v) is 12.5. The van der Waals surface area contributed by atoms with Gasteiger partial charge in [0.05, 0.1) is 25.2 Å². The van der Waals surface area contributed by atoms with Gasteiger partial charge in [0.25, 0.3) is 11.8 Å². The summed E-state index contributed by atoms with van der Waals surface area (Å²) in [6.45, 7) is 0. The molecule has 0 aromatic heterocycles. The van der Waals surface area contributed by atoms with Gasteiger partial charge >= 0.3 is 0 Å². The molecule has 2 fully saturated rings. The summed E-state index contributed by atoms with van der Waals surface area (Å²) in [5.41, 5.74) is 0.637. The first-order valence-electron chi connectivity index (χ1n) is 7.57. The molecule has 0 spiro atoms. The molecule has 1 saturated carbocycles. The van der Waals surface area contributed by atoms with Crippen molar-refractivity contribution < 1.29 is 19.4 Å². The molecule has 23 heavy (non-hydrogen) atoms. The van der Waals surface area contributed by atoms with Crippen LogP contribution < -0.4 is 4.74 Å². The fourth-order valence-corrected chi connectivity index (χ4v) is 3.90. The van der Waals surface area contributed by atoms with Crippen LogP contribution in [0.3, 0.4) is 0 Å². The molecule has 1 aromatic carbocycles. The SMILES string of the molecule is COc1cc(/C=N\N2C(=O)[C@@H]3[C@@H](C2=O)[C@H]2C=C[C@H]3C2)ccc1O. The predicted molar refractivity (Wildman–Crippen MR) is 81.8 cm³/mol. The number of imide groups is 1. The second-order valence-electron chi connectivity index (χ2n) is 6.16. The number of ether oxygens (including phenoxy) is 1. The van der Waals surface area contributed by atoms with Crippen LogP contribution in [0.15, 0.2) is 35.5 Å². The number of rotatable bonds is 3. The number of allylic oxidation sites excluding steroid dienone is 2. The molecular weight excluding hydrogens is 296 g/mol. The molecule has 2 amide bonds. The number of methoxy groups -OCH3 is 1. The van der Waals surface area contributed by atoms with Crippen LogP contribution in [0.1, 0.15) is 12.0 Å². The molecule has 3 aliphatic rings. The lowest BCUT2D eigenvalue weighted by atomic mass is 9.85. The summed E-state index contributed by atoms with van der Waals surface area (Å²) in [7, 11) is 1.45. The number of phenolic OH excluding ortho intramolecular Hbond substituents is 1. The van der Waals surface area contributed by atoms with Crippen LogP contribution in [0.2, 0.25) is 0 Å². The van der Waals surface area contributed by atoms with E-state index in [-0.39, 0.29) is 41.2 Å². The Morgan fingerprint density at radius 3 is 2.48 bits per heavy atom. The average molecular weight is 312 g/mol. The van der Waals surface area contributed by atoms with Gasteiger partial charge in [-0.3, -0.25) is 9.59 Å². The number of nitrogens with zero attached hydrogens (tertiary/aromatic N) is 2. The van der Waals surface area contributed by atoms with E-state index in [1.54, 1.807) is 12.1 Å². The molecule has 0 unspecified atom stereocenters. The normalized spacial score (nSPS) is 31.4. The second kappa shape index (κ2) is 4.94. The molecular formula is C17H16N2O4. The quantitative estimate of drug-likeness (QED) is 0.522. The van der Waals surface area contributed by atoms with E-state index in [4.69, 9.17) is 4.74 Å². The lowest BCUT2D eigenvalue weighted by Gasteiger charge is -2.13. The van der Waals surface area contributed by atoms with Crippen molar-refractivity contribution in [1.82, 2.24) is 5.01 Å². The highest BCUT2D eigenvalue weighted by Gasteiger charge is 2.59. The fraction of sp³-hybridized carbons (Fsp3) is 0.353. The Balaban J connectivity index is 1.58. The number of carbonyl (C=O) groups excluding carboxylic acids is 2. The average Bonchev–Trinajstić information content (AvgIpc) is 3.22. The Morgan fingerprint density at radius 2 is 1.87 bits per heavy atom. The predicted octanol–water partition coefficient (Wildman–Crippen LogP) is 1.54. The molecule has 2 aliphatic carbocycles. The molecule has 4 rings (SSSR count). The number of hydrogen-bond donors (Lipinski definition) is 1. The summed E-state index contributed by atoms with van der Waals surface area (Å²) in [6.07, 6.45) is 6.44. The van der Waals surface area contributed by atoms with Gasteiger partial charge in [0.1, 0.15) is 0 Å². The number of amides is 2. The van der Waals surface area contributed by atoms with E-state index in [9.17, 15) is 14.7 Å². The third-order valence-corrected chi connectivity index (χ3v) is 4.97. The number of phenols is 1. The van der Waals surface area contributed by atoms with Crippen molar-refractivity contribution in [2.75, 3.05) is 7.11 Å². The zero-order valence-electron chi connectivity index (χ0n) is 12.5. The van der Waals surface area contributed by atoms with Gasteiger partial charge in [-0.05, 0) is 42.0 Å². The summed E-state index contributed by atoms with van der Waals surface area (Å²) in [5.74, 6) is -0.223. The van der Waals surface area contributed by atoms with E-state index in [0.717, 1.165) is 11.4 Å².